The number of carboxylic acid groups (broad SMARTS) is 1. The first-order valence-electron chi connectivity index (χ1n) is 4.68. The highest BCUT2D eigenvalue weighted by Crippen LogP contribution is 2.28. The van der Waals surface area contributed by atoms with E-state index in [1.54, 1.807) is 0 Å². The van der Waals surface area contributed by atoms with Crippen molar-refractivity contribution in [3.8, 4) is 0 Å². The Morgan fingerprint density at radius 1 is 1.33 bits per heavy atom. The topological polar surface area (TPSA) is 63.3 Å². The highest BCUT2D eigenvalue weighted by Gasteiger charge is 2.27. The summed E-state index contributed by atoms with van der Waals surface area (Å²) in [4.78, 5) is 10.8. The van der Waals surface area contributed by atoms with E-state index in [0.717, 1.165) is 25.7 Å². The molecule has 0 radical (unpaired) electrons. The van der Waals surface area contributed by atoms with Crippen LogP contribution in [-0.2, 0) is 4.79 Å². The Bertz CT molecular complexity index is 159. The Labute approximate surface area is 72.9 Å². The molecule has 0 unspecified atom stereocenters. The standard InChI is InChI=1S/C9H17NO2/c10-6-7-4-2-1-3-5-8(7)9(11)12/h7-8H,1-6,10H2,(H,11,12)/t7-,8-/m1/s1. The summed E-state index contributed by atoms with van der Waals surface area (Å²) in [6.45, 7) is 0.525. The maximum Gasteiger partial charge on any atom is 0.306 e. The van der Waals surface area contributed by atoms with Gasteiger partial charge in [0.15, 0.2) is 0 Å². The average molecular weight is 171 g/mol. The van der Waals surface area contributed by atoms with Gasteiger partial charge in [-0.3, -0.25) is 4.79 Å². The van der Waals surface area contributed by atoms with E-state index in [1.165, 1.54) is 6.42 Å². The van der Waals surface area contributed by atoms with Crippen LogP contribution in [0.2, 0.25) is 0 Å². The largest absolute Gasteiger partial charge is 0.481 e. The van der Waals surface area contributed by atoms with Crippen molar-refractivity contribution in [2.75, 3.05) is 6.54 Å². The molecule has 0 spiro atoms. The predicted octanol–water partition coefficient (Wildman–Crippen LogP) is 1.23. The molecule has 3 N–H and O–H groups in total. The molecule has 0 aromatic carbocycles. The Hall–Kier alpha value is -0.570. The second-order valence-electron chi connectivity index (χ2n) is 3.58. The first-order chi connectivity index (χ1) is 5.75. The quantitative estimate of drug-likeness (QED) is 0.614. The predicted molar refractivity (Wildman–Crippen MR) is 46.8 cm³/mol. The minimum Gasteiger partial charge on any atom is -0.481 e. The van der Waals surface area contributed by atoms with Crippen molar-refractivity contribution in [2.24, 2.45) is 17.6 Å². The fourth-order valence-electron chi connectivity index (χ4n) is 1.99. The molecule has 70 valence electrons. The van der Waals surface area contributed by atoms with Crippen LogP contribution in [0.3, 0.4) is 0 Å². The summed E-state index contributed by atoms with van der Waals surface area (Å²) in [5.74, 6) is -0.630. The van der Waals surface area contributed by atoms with E-state index < -0.39 is 5.97 Å². The maximum atomic E-state index is 10.8. The molecule has 1 aliphatic rings. The highest BCUT2D eigenvalue weighted by atomic mass is 16.4. The van der Waals surface area contributed by atoms with Crippen LogP contribution in [0.25, 0.3) is 0 Å². The van der Waals surface area contributed by atoms with Crippen molar-refractivity contribution in [2.45, 2.75) is 32.1 Å². The first kappa shape index (κ1) is 9.52. The molecule has 0 bridgehead atoms. The minimum atomic E-state index is -0.660. The van der Waals surface area contributed by atoms with Crippen LogP contribution in [0, 0.1) is 11.8 Å². The Morgan fingerprint density at radius 2 is 2.00 bits per heavy atom. The molecular weight excluding hydrogens is 154 g/mol. The van der Waals surface area contributed by atoms with E-state index >= 15 is 0 Å². The summed E-state index contributed by atoms with van der Waals surface area (Å²) in [5, 5.41) is 8.91. The zero-order valence-electron chi connectivity index (χ0n) is 7.33. The Morgan fingerprint density at radius 3 is 2.58 bits per heavy atom. The smallest absolute Gasteiger partial charge is 0.306 e. The normalized spacial score (nSPS) is 31.1. The van der Waals surface area contributed by atoms with E-state index in [4.69, 9.17) is 10.8 Å². The van der Waals surface area contributed by atoms with E-state index in [1.807, 2.05) is 0 Å². The van der Waals surface area contributed by atoms with Gasteiger partial charge in [-0.2, -0.15) is 0 Å². The van der Waals surface area contributed by atoms with Gasteiger partial charge in [0.25, 0.3) is 0 Å². The SMILES string of the molecule is NC[C@H]1CCCCC[C@H]1C(=O)O. The van der Waals surface area contributed by atoms with Gasteiger partial charge in [0.1, 0.15) is 0 Å². The fourth-order valence-corrected chi connectivity index (χ4v) is 1.99. The van der Waals surface area contributed by atoms with Crippen LogP contribution in [0.5, 0.6) is 0 Å². The van der Waals surface area contributed by atoms with Crippen molar-refractivity contribution in [3.63, 3.8) is 0 Å². The molecule has 0 heterocycles. The summed E-state index contributed by atoms with van der Waals surface area (Å²) in [5.41, 5.74) is 5.54. The minimum absolute atomic E-state index is 0.183. The third kappa shape index (κ3) is 2.21. The molecule has 0 aromatic rings. The molecule has 0 aromatic heterocycles. The van der Waals surface area contributed by atoms with Crippen molar-refractivity contribution in [1.29, 1.82) is 0 Å². The lowest BCUT2D eigenvalue weighted by atomic mass is 9.88. The summed E-state index contributed by atoms with van der Waals surface area (Å²) in [7, 11) is 0. The van der Waals surface area contributed by atoms with Gasteiger partial charge in [-0.25, -0.2) is 0 Å². The molecule has 3 heteroatoms. The van der Waals surface area contributed by atoms with Gasteiger partial charge in [-0.05, 0) is 25.3 Å². The van der Waals surface area contributed by atoms with Crippen LogP contribution >= 0.6 is 0 Å². The maximum absolute atomic E-state index is 10.8. The van der Waals surface area contributed by atoms with Crippen molar-refractivity contribution in [1.82, 2.24) is 0 Å². The number of carboxylic acids is 1. The number of hydrogen-bond donors (Lipinski definition) is 2. The van der Waals surface area contributed by atoms with Crippen LogP contribution in [-0.4, -0.2) is 17.6 Å². The van der Waals surface area contributed by atoms with Gasteiger partial charge < -0.3 is 10.8 Å². The summed E-state index contributed by atoms with van der Waals surface area (Å²) < 4.78 is 0. The Balaban J connectivity index is 2.57. The van der Waals surface area contributed by atoms with Crippen LogP contribution in [0.15, 0.2) is 0 Å². The van der Waals surface area contributed by atoms with E-state index in [-0.39, 0.29) is 11.8 Å². The second-order valence-corrected chi connectivity index (χ2v) is 3.58. The zero-order chi connectivity index (χ0) is 8.97. The third-order valence-corrected chi connectivity index (χ3v) is 2.78. The molecule has 1 rings (SSSR count). The third-order valence-electron chi connectivity index (χ3n) is 2.78. The molecule has 1 fully saturated rings. The van der Waals surface area contributed by atoms with Crippen LogP contribution in [0.4, 0.5) is 0 Å². The molecular formula is C9H17NO2. The van der Waals surface area contributed by atoms with Gasteiger partial charge in [0.05, 0.1) is 5.92 Å². The van der Waals surface area contributed by atoms with Gasteiger partial charge in [-0.1, -0.05) is 19.3 Å². The monoisotopic (exact) mass is 171 g/mol. The first-order valence-corrected chi connectivity index (χ1v) is 4.68. The van der Waals surface area contributed by atoms with Crippen LogP contribution in [0.1, 0.15) is 32.1 Å². The molecule has 0 saturated heterocycles. The zero-order valence-corrected chi connectivity index (χ0v) is 7.33. The molecule has 1 saturated carbocycles. The molecule has 0 aliphatic heterocycles. The molecule has 12 heavy (non-hydrogen) atoms. The van der Waals surface area contributed by atoms with Crippen molar-refractivity contribution < 1.29 is 9.90 Å². The number of hydrogen-bond acceptors (Lipinski definition) is 2. The van der Waals surface area contributed by atoms with Gasteiger partial charge in [0.2, 0.25) is 0 Å². The Kier molecular flexibility index (Phi) is 3.53. The summed E-state index contributed by atoms with van der Waals surface area (Å²) in [6.07, 6.45) is 5.17. The average Bonchev–Trinajstić information content (AvgIpc) is 2.27. The van der Waals surface area contributed by atoms with E-state index in [0.29, 0.717) is 6.54 Å². The van der Waals surface area contributed by atoms with E-state index in [9.17, 15) is 4.79 Å². The van der Waals surface area contributed by atoms with Crippen LogP contribution < -0.4 is 5.73 Å². The summed E-state index contributed by atoms with van der Waals surface area (Å²) in [6, 6.07) is 0. The lowest BCUT2D eigenvalue weighted by Crippen LogP contribution is -2.28. The lowest BCUT2D eigenvalue weighted by Gasteiger charge is -2.18. The number of aliphatic carboxylic acids is 1. The number of rotatable bonds is 2. The fraction of sp³-hybridized carbons (Fsp3) is 0.889. The van der Waals surface area contributed by atoms with Gasteiger partial charge in [-0.15, -0.1) is 0 Å². The number of carbonyl (C=O) groups is 1. The lowest BCUT2D eigenvalue weighted by molar-refractivity contribution is -0.143. The van der Waals surface area contributed by atoms with Gasteiger partial charge >= 0.3 is 5.97 Å². The van der Waals surface area contributed by atoms with E-state index in [2.05, 4.69) is 0 Å². The molecule has 2 atom stereocenters. The van der Waals surface area contributed by atoms with Crippen molar-refractivity contribution in [3.05, 3.63) is 0 Å². The highest BCUT2D eigenvalue weighted by molar-refractivity contribution is 5.70. The molecule has 0 amide bonds. The molecule has 1 aliphatic carbocycles. The second kappa shape index (κ2) is 4.45. The molecule has 3 nitrogen and oxygen atoms in total. The summed E-state index contributed by atoms with van der Waals surface area (Å²) >= 11 is 0. The van der Waals surface area contributed by atoms with Crippen molar-refractivity contribution >= 4 is 5.97 Å². The van der Waals surface area contributed by atoms with Gasteiger partial charge in [0, 0.05) is 0 Å². The number of nitrogens with two attached hydrogens (primary N) is 1.